The van der Waals surface area contributed by atoms with E-state index in [4.69, 9.17) is 18.5 Å². The monoisotopic (exact) mass is 1070 g/mol. The second kappa shape index (κ2) is 27.3. The summed E-state index contributed by atoms with van der Waals surface area (Å²) in [5.74, 6) is -1.34. The number of urea groups is 1. The Morgan fingerprint density at radius 2 is 1.63 bits per heavy atom. The normalized spacial score (nSPS) is 17.0. The molecule has 2 aromatic carbocycles. The van der Waals surface area contributed by atoms with Crippen molar-refractivity contribution in [2.45, 2.75) is 84.0 Å². The summed E-state index contributed by atoms with van der Waals surface area (Å²) in [4.78, 5) is 106. The Morgan fingerprint density at radius 1 is 0.958 bits per heavy atom. The first-order chi connectivity index (χ1) is 33.7. The van der Waals surface area contributed by atoms with Gasteiger partial charge < -0.3 is 46.3 Å². The number of piperazine rings is 1. The van der Waals surface area contributed by atoms with Gasteiger partial charge in [-0.15, -0.1) is 0 Å². The van der Waals surface area contributed by atoms with Crippen LogP contribution in [0.5, 0.6) is 0 Å². The Morgan fingerprint density at radius 3 is 2.27 bits per heavy atom. The van der Waals surface area contributed by atoms with Crippen LogP contribution in [0.15, 0.2) is 54.7 Å². The molecule has 1 aliphatic carbocycles. The van der Waals surface area contributed by atoms with Crippen molar-refractivity contribution in [3.05, 3.63) is 65.9 Å². The number of benzene rings is 2. The third-order valence-corrected chi connectivity index (χ3v) is 12.6. The smallest absolute Gasteiger partial charge is 0.409 e. The second-order valence-electron chi connectivity index (χ2n) is 17.1. The molecule has 7 rings (SSSR count). The van der Waals surface area contributed by atoms with Crippen LogP contribution in [0.3, 0.4) is 0 Å². The molecule has 71 heavy (non-hydrogen) atoms. The summed E-state index contributed by atoms with van der Waals surface area (Å²) < 4.78 is 7.89. The van der Waals surface area contributed by atoms with E-state index in [0.717, 1.165) is 56.1 Å². The van der Waals surface area contributed by atoms with Crippen LogP contribution < -0.4 is 42.1 Å². The number of fused-ring (bicyclic) bond motifs is 1. The van der Waals surface area contributed by atoms with E-state index in [1.807, 2.05) is 24.1 Å². The summed E-state index contributed by atoms with van der Waals surface area (Å²) >= 11 is 1.87. The third-order valence-electron chi connectivity index (χ3n) is 11.6. The van der Waals surface area contributed by atoms with Crippen molar-refractivity contribution >= 4 is 90.4 Å². The Hall–Kier alpha value is -5.55. The Bertz CT molecular complexity index is 2330. The number of aromatic nitrogens is 2. The zero-order chi connectivity index (χ0) is 50.3. The fraction of sp³-hybridized carbons (Fsp3) is 0.500. The molecule has 3 fully saturated rings. The molecule has 4 aliphatic rings. The number of nitrogens with one attached hydrogen (secondary N) is 5. The van der Waals surface area contributed by atoms with Crippen molar-refractivity contribution in [1.29, 1.82) is 0 Å². The van der Waals surface area contributed by atoms with Gasteiger partial charge in [-0.25, -0.2) is 23.9 Å². The van der Waals surface area contributed by atoms with Crippen molar-refractivity contribution in [3.63, 3.8) is 0 Å². The fourth-order valence-electron chi connectivity index (χ4n) is 7.88. The maximum Gasteiger partial charge on any atom is 0.409 e. The van der Waals surface area contributed by atoms with Gasteiger partial charge in [0.1, 0.15) is 18.2 Å². The number of likely N-dealkylation sites (N-methyl/N-ethyl adjacent to an activating group) is 1. The molecule has 7 N–H and O–H groups in total. The van der Waals surface area contributed by atoms with E-state index in [1.54, 1.807) is 24.3 Å². The van der Waals surface area contributed by atoms with Crippen LogP contribution in [0.1, 0.15) is 75.2 Å². The van der Waals surface area contributed by atoms with Gasteiger partial charge in [-0.1, -0.05) is 51.3 Å². The minimum atomic E-state index is -1.07. The Balaban J connectivity index is 0.00000228. The number of carbonyl (C=O) groups excluding carboxylic acids is 7. The number of nitrogens with zero attached hydrogens (tertiary/aromatic N) is 8. The van der Waals surface area contributed by atoms with Crippen LogP contribution in [0.4, 0.5) is 38.4 Å². The van der Waals surface area contributed by atoms with Gasteiger partial charge in [-0.3, -0.25) is 34.3 Å². The number of carbonyl (C=O) groups is 7. The molecule has 1 saturated carbocycles. The molecule has 0 spiro atoms. The van der Waals surface area contributed by atoms with Gasteiger partial charge in [-0.2, -0.15) is 4.98 Å². The number of primary amides is 1. The predicted molar refractivity (Wildman–Crippen MR) is 267 cm³/mol. The van der Waals surface area contributed by atoms with E-state index < -0.39 is 53.7 Å². The number of hydrazine groups is 1. The second-order valence-corrected chi connectivity index (χ2v) is 18.5. The fourth-order valence-corrected chi connectivity index (χ4v) is 8.66. The van der Waals surface area contributed by atoms with Gasteiger partial charge in [0.25, 0.3) is 5.91 Å². The summed E-state index contributed by atoms with van der Waals surface area (Å²) in [6, 6.07) is 12.0. The summed E-state index contributed by atoms with van der Waals surface area (Å²) in [5, 5.41) is 11.9. The van der Waals surface area contributed by atoms with Crippen LogP contribution in [-0.2, 0) is 63.2 Å². The molecule has 2 saturated heterocycles. The number of anilines is 5. The molecule has 3 aliphatic heterocycles. The molecule has 4 heterocycles. The maximum atomic E-state index is 14.0. The summed E-state index contributed by atoms with van der Waals surface area (Å²) in [5.41, 5.74) is 10.9. The molecule has 22 nitrogen and oxygen atoms in total. The van der Waals surface area contributed by atoms with E-state index in [1.165, 1.54) is 39.4 Å². The number of ether oxygens (including phenoxy) is 1. The zero-order valence-corrected chi connectivity index (χ0v) is 44.4. The van der Waals surface area contributed by atoms with Gasteiger partial charge in [0, 0.05) is 120 Å². The van der Waals surface area contributed by atoms with Crippen LogP contribution >= 0.6 is 11.9 Å². The largest absolute Gasteiger partial charge is 0.445 e. The maximum absolute atomic E-state index is 14.0. The van der Waals surface area contributed by atoms with E-state index in [2.05, 4.69) is 78.7 Å². The van der Waals surface area contributed by atoms with Crippen molar-refractivity contribution in [2.75, 3.05) is 85.6 Å². The number of amides is 8. The van der Waals surface area contributed by atoms with Gasteiger partial charge in [0.2, 0.25) is 29.6 Å². The average molecular weight is 1070 g/mol. The van der Waals surface area contributed by atoms with E-state index in [-0.39, 0.29) is 95.3 Å². The van der Waals surface area contributed by atoms with Crippen molar-refractivity contribution < 1.29 is 71.0 Å². The summed E-state index contributed by atoms with van der Waals surface area (Å²) in [6.45, 7) is 10.1. The van der Waals surface area contributed by atoms with E-state index in [9.17, 15) is 33.6 Å². The van der Waals surface area contributed by atoms with Crippen LogP contribution in [0, 0.1) is 0 Å². The zero-order valence-electron chi connectivity index (χ0n) is 40.7. The quantitative estimate of drug-likeness (QED) is 0.0745. The third kappa shape index (κ3) is 15.7. The topological polar surface area (TPSA) is 260 Å². The molecule has 3 aromatic rings. The molecule has 3 radical (unpaired) electrons. The van der Waals surface area contributed by atoms with E-state index in [0.29, 0.717) is 24.1 Å². The molecule has 377 valence electrons. The molecule has 25 heteroatoms. The van der Waals surface area contributed by atoms with Gasteiger partial charge >= 0.3 is 12.1 Å². The molecule has 2 atom stereocenters. The SMILES string of the molecule is CCC.[B]NC(CC(N)=O)C(=O)N1CCCC1C(=O)NCC(=O)Nc1ccc(COC(=O)N(C)CCN2NC(=O)c3cnc(Nc4ccc(N5CCN(SCC)CC5)cc4)nc3N(C3CC3)C2=O)cc1.[Y]. The van der Waals surface area contributed by atoms with Crippen molar-refractivity contribution in [3.8, 4) is 0 Å². The minimum Gasteiger partial charge on any atom is -0.445 e. The number of hydrogen-bond donors (Lipinski definition) is 6. The van der Waals surface area contributed by atoms with Crippen molar-refractivity contribution in [1.82, 2.24) is 45.1 Å². The molecule has 0 bridgehead atoms. The van der Waals surface area contributed by atoms with Crippen molar-refractivity contribution in [2.24, 2.45) is 5.73 Å². The van der Waals surface area contributed by atoms with Crippen LogP contribution in [0.2, 0.25) is 0 Å². The summed E-state index contributed by atoms with van der Waals surface area (Å²) in [7, 11) is 6.94. The first kappa shape index (κ1) is 56.4. The predicted octanol–water partition coefficient (Wildman–Crippen LogP) is 2.70. The molecular formula is C46H63BN14O8SY. The van der Waals surface area contributed by atoms with Gasteiger partial charge in [0.05, 0.1) is 19.1 Å². The van der Waals surface area contributed by atoms with Gasteiger partial charge in [-0.05, 0) is 67.6 Å². The number of nitrogens with two attached hydrogens (primary N) is 1. The molecule has 2 unspecified atom stereocenters. The van der Waals surface area contributed by atoms with Gasteiger partial charge in [0.15, 0.2) is 13.8 Å². The first-order valence-corrected chi connectivity index (χ1v) is 24.6. The molecule has 1 aromatic heterocycles. The molecular weight excluding hydrogens is 1010 g/mol. The van der Waals surface area contributed by atoms with Crippen LogP contribution in [0.25, 0.3) is 0 Å². The first-order valence-electron chi connectivity index (χ1n) is 23.6. The summed E-state index contributed by atoms with van der Waals surface area (Å²) in [6.07, 6.45) is 4.08. The number of rotatable bonds is 19. The van der Waals surface area contributed by atoms with Crippen LogP contribution in [-0.4, -0.2) is 162 Å². The standard InChI is InChI=1S/C43H55BN14O8S.C3H8.Y/c1-3-67-55-20-18-54(19-21-55)30-12-10-29(11-13-30)49-41-47-24-32-37(50-41)58(31-14-15-31)42(64)57(52-38(32)61)22-17-53(2)43(65)66-26-27-6-8-28(9-7-27)48-36(60)25-46-39(62)34-5-4-16-56(34)40(63)33(51-44)23-35(45)59;1-3-2;/h6-13,24,31,33-34,51H,3-5,14-23,25-26H2,1-2H3,(H2,45,59)(H,46,62)(H,48,60)(H,52,61)(H,47,49,50);3H2,1-2H3;. The Kier molecular flexibility index (Phi) is 21.7. The average Bonchev–Trinajstić information content (AvgIpc) is 4.08. The number of hydrogen-bond acceptors (Lipinski definition) is 15. The minimum absolute atomic E-state index is 0. The van der Waals surface area contributed by atoms with E-state index >= 15 is 0 Å². The number of likely N-dealkylation sites (tertiary alicyclic amines) is 1. The molecule has 8 amide bonds. The Labute approximate surface area is 445 Å².